The average molecular weight is 378 g/mol. The summed E-state index contributed by atoms with van der Waals surface area (Å²) in [5.41, 5.74) is 1.39. The average Bonchev–Trinajstić information content (AvgIpc) is 2.38. The smallest absolute Gasteiger partial charge is 0.335 e. The van der Waals surface area contributed by atoms with Crippen molar-refractivity contribution in [3.63, 3.8) is 0 Å². The van der Waals surface area contributed by atoms with Crippen LogP contribution in [0.5, 0.6) is 0 Å². The normalized spacial score (nSPS) is 13.6. The Balaban J connectivity index is 2.77. The predicted molar refractivity (Wildman–Crippen MR) is 87.7 cm³/mol. The second-order valence-corrected chi connectivity index (χ2v) is 8.60. The monoisotopic (exact) mass is 378 g/mol. The molecular formula is C14H23IO2Si. The maximum atomic E-state index is 5.94. The Morgan fingerprint density at radius 1 is 1.11 bits per heavy atom. The van der Waals surface area contributed by atoms with Gasteiger partial charge in [-0.25, -0.2) is 0 Å². The van der Waals surface area contributed by atoms with Crippen molar-refractivity contribution in [2.75, 3.05) is 17.6 Å². The number of halogens is 1. The standard InChI is InChI=1S/C14H23IO2Si/c1-4-16-18(3,17-5-2)12-14(11-15)13-9-7-6-8-10-13/h6-10,14H,4-5,11-12H2,1-3H3. The summed E-state index contributed by atoms with van der Waals surface area (Å²) in [5, 5.41) is 0. The van der Waals surface area contributed by atoms with Crippen LogP contribution in [-0.2, 0) is 8.85 Å². The maximum absolute atomic E-state index is 5.94. The van der Waals surface area contributed by atoms with Crippen molar-refractivity contribution >= 4 is 31.2 Å². The first kappa shape index (κ1) is 16.1. The van der Waals surface area contributed by atoms with Crippen molar-refractivity contribution in [3.8, 4) is 0 Å². The molecule has 0 heterocycles. The third kappa shape index (κ3) is 4.99. The first-order valence-corrected chi connectivity index (χ1v) is 10.6. The molecule has 1 aromatic carbocycles. The molecule has 18 heavy (non-hydrogen) atoms. The number of alkyl halides is 1. The van der Waals surface area contributed by atoms with E-state index < -0.39 is 8.56 Å². The molecule has 0 aliphatic carbocycles. The molecule has 0 saturated heterocycles. The van der Waals surface area contributed by atoms with Crippen molar-refractivity contribution in [1.29, 1.82) is 0 Å². The van der Waals surface area contributed by atoms with Gasteiger partial charge in [0.2, 0.25) is 0 Å². The lowest BCUT2D eigenvalue weighted by molar-refractivity contribution is 0.187. The second kappa shape index (κ2) is 8.30. The lowest BCUT2D eigenvalue weighted by atomic mass is 10.0. The minimum absolute atomic E-state index is 0.529. The molecular weight excluding hydrogens is 355 g/mol. The minimum Gasteiger partial charge on any atom is -0.395 e. The molecule has 1 unspecified atom stereocenters. The van der Waals surface area contributed by atoms with Crippen LogP contribution in [0.3, 0.4) is 0 Å². The molecule has 1 aromatic rings. The molecule has 0 saturated carbocycles. The molecule has 0 aliphatic rings. The van der Waals surface area contributed by atoms with E-state index in [1.807, 2.05) is 13.8 Å². The van der Waals surface area contributed by atoms with Crippen molar-refractivity contribution < 1.29 is 8.85 Å². The van der Waals surface area contributed by atoms with Gasteiger partial charge in [-0.15, -0.1) is 0 Å². The van der Waals surface area contributed by atoms with Crippen LogP contribution in [-0.4, -0.2) is 26.2 Å². The van der Waals surface area contributed by atoms with Gasteiger partial charge >= 0.3 is 8.56 Å². The minimum atomic E-state index is -2.02. The molecule has 2 nitrogen and oxygen atoms in total. The highest BCUT2D eigenvalue weighted by atomic mass is 127. The molecule has 0 aromatic heterocycles. The van der Waals surface area contributed by atoms with Crippen LogP contribution in [0, 0.1) is 0 Å². The fourth-order valence-electron chi connectivity index (χ4n) is 2.20. The lowest BCUT2D eigenvalue weighted by Gasteiger charge is -2.29. The SMILES string of the molecule is CCO[Si](C)(CC(CI)c1ccccc1)OCC. The Morgan fingerprint density at radius 2 is 1.67 bits per heavy atom. The van der Waals surface area contributed by atoms with E-state index in [-0.39, 0.29) is 0 Å². The van der Waals surface area contributed by atoms with Gasteiger partial charge in [-0.05, 0) is 37.9 Å². The first-order chi connectivity index (χ1) is 8.65. The van der Waals surface area contributed by atoms with Crippen LogP contribution in [0.15, 0.2) is 30.3 Å². The fraction of sp³-hybridized carbons (Fsp3) is 0.571. The van der Waals surface area contributed by atoms with Crippen LogP contribution in [0.2, 0.25) is 12.6 Å². The summed E-state index contributed by atoms with van der Waals surface area (Å²) in [6.07, 6.45) is 0. The van der Waals surface area contributed by atoms with E-state index in [4.69, 9.17) is 8.85 Å². The first-order valence-electron chi connectivity index (χ1n) is 6.54. The molecule has 4 heteroatoms. The highest BCUT2D eigenvalue weighted by Crippen LogP contribution is 2.29. The maximum Gasteiger partial charge on any atom is 0.335 e. The molecule has 102 valence electrons. The Bertz CT molecular complexity index is 326. The van der Waals surface area contributed by atoms with E-state index >= 15 is 0 Å². The largest absolute Gasteiger partial charge is 0.395 e. The molecule has 0 N–H and O–H groups in total. The summed E-state index contributed by atoms with van der Waals surface area (Å²) in [6.45, 7) is 7.76. The van der Waals surface area contributed by atoms with Gasteiger partial charge < -0.3 is 8.85 Å². The lowest BCUT2D eigenvalue weighted by Crippen LogP contribution is -2.40. The van der Waals surface area contributed by atoms with Gasteiger partial charge in [0.25, 0.3) is 0 Å². The summed E-state index contributed by atoms with van der Waals surface area (Å²) in [4.78, 5) is 0. The van der Waals surface area contributed by atoms with Crippen molar-refractivity contribution in [2.24, 2.45) is 0 Å². The van der Waals surface area contributed by atoms with Crippen LogP contribution >= 0.6 is 22.6 Å². The van der Waals surface area contributed by atoms with Gasteiger partial charge in [0.1, 0.15) is 0 Å². The summed E-state index contributed by atoms with van der Waals surface area (Å²) in [6, 6.07) is 11.7. The Morgan fingerprint density at radius 3 is 2.11 bits per heavy atom. The molecule has 0 radical (unpaired) electrons. The summed E-state index contributed by atoms with van der Waals surface area (Å²) >= 11 is 2.46. The van der Waals surface area contributed by atoms with E-state index in [9.17, 15) is 0 Å². The zero-order chi connectivity index (χ0) is 13.4. The van der Waals surface area contributed by atoms with Gasteiger partial charge in [0.15, 0.2) is 0 Å². The summed E-state index contributed by atoms with van der Waals surface area (Å²) < 4.78 is 13.0. The van der Waals surface area contributed by atoms with E-state index in [2.05, 4.69) is 59.5 Å². The predicted octanol–water partition coefficient (Wildman–Crippen LogP) is 4.35. The Hall–Kier alpha value is 0.0869. The number of hydrogen-bond donors (Lipinski definition) is 0. The number of hydrogen-bond acceptors (Lipinski definition) is 2. The van der Waals surface area contributed by atoms with Crippen molar-refractivity contribution in [3.05, 3.63) is 35.9 Å². The summed E-state index contributed by atoms with van der Waals surface area (Å²) in [5.74, 6) is 0.529. The van der Waals surface area contributed by atoms with Gasteiger partial charge in [-0.2, -0.15) is 0 Å². The second-order valence-electron chi connectivity index (χ2n) is 4.47. The third-order valence-corrected chi connectivity index (χ3v) is 7.07. The molecule has 1 rings (SSSR count). The van der Waals surface area contributed by atoms with Crippen LogP contribution in [0.1, 0.15) is 25.3 Å². The zero-order valence-electron chi connectivity index (χ0n) is 11.5. The zero-order valence-corrected chi connectivity index (χ0v) is 14.6. The molecule has 0 bridgehead atoms. The van der Waals surface area contributed by atoms with Gasteiger partial charge in [0, 0.05) is 17.6 Å². The highest BCUT2D eigenvalue weighted by molar-refractivity contribution is 14.1. The van der Waals surface area contributed by atoms with E-state index in [0.717, 1.165) is 23.7 Å². The van der Waals surface area contributed by atoms with Crippen molar-refractivity contribution in [2.45, 2.75) is 32.4 Å². The van der Waals surface area contributed by atoms with E-state index in [1.54, 1.807) is 0 Å². The van der Waals surface area contributed by atoms with Gasteiger partial charge in [-0.3, -0.25) is 0 Å². The fourth-order valence-corrected chi connectivity index (χ4v) is 6.43. The molecule has 0 amide bonds. The van der Waals surface area contributed by atoms with Gasteiger partial charge in [-0.1, -0.05) is 52.9 Å². The van der Waals surface area contributed by atoms with Crippen LogP contribution in [0.4, 0.5) is 0 Å². The molecule has 0 spiro atoms. The molecule has 1 atom stereocenters. The topological polar surface area (TPSA) is 18.5 Å². The number of rotatable bonds is 8. The Labute approximate surface area is 125 Å². The number of benzene rings is 1. The van der Waals surface area contributed by atoms with Crippen molar-refractivity contribution in [1.82, 2.24) is 0 Å². The third-order valence-electron chi connectivity index (χ3n) is 2.97. The highest BCUT2D eigenvalue weighted by Gasteiger charge is 2.34. The molecule has 0 fully saturated rings. The Kier molecular flexibility index (Phi) is 7.44. The molecule has 0 aliphatic heterocycles. The summed E-state index contributed by atoms with van der Waals surface area (Å²) in [7, 11) is -2.02. The van der Waals surface area contributed by atoms with Crippen LogP contribution in [0.25, 0.3) is 0 Å². The van der Waals surface area contributed by atoms with E-state index in [1.165, 1.54) is 5.56 Å². The van der Waals surface area contributed by atoms with Gasteiger partial charge in [0.05, 0.1) is 0 Å². The van der Waals surface area contributed by atoms with E-state index in [0.29, 0.717) is 5.92 Å². The quantitative estimate of drug-likeness (QED) is 0.380. The van der Waals surface area contributed by atoms with Crippen LogP contribution < -0.4 is 0 Å².